The van der Waals surface area contributed by atoms with E-state index in [4.69, 9.17) is 26.5 Å². The molecule has 1 fully saturated rings. The first-order valence-electron chi connectivity index (χ1n) is 15.1. The molecular formula is C36H45NO4S. The third-order valence-corrected chi connectivity index (χ3v) is 8.20. The molecule has 6 heteroatoms. The minimum atomic E-state index is -0.428. The van der Waals surface area contributed by atoms with E-state index in [0.29, 0.717) is 30.6 Å². The third-order valence-electron chi connectivity index (χ3n) is 8.08. The molecule has 3 aromatic rings. The van der Waals surface area contributed by atoms with Gasteiger partial charge in [-0.2, -0.15) is 5.06 Å². The fourth-order valence-electron chi connectivity index (χ4n) is 5.65. The average molecular weight is 588 g/mol. The zero-order valence-electron chi connectivity index (χ0n) is 25.7. The van der Waals surface area contributed by atoms with Crippen molar-refractivity contribution in [1.29, 1.82) is 0 Å². The molecule has 1 aliphatic carbocycles. The molecule has 1 aliphatic rings. The Morgan fingerprint density at radius 3 is 2.12 bits per heavy atom. The van der Waals surface area contributed by atoms with E-state index >= 15 is 0 Å². The van der Waals surface area contributed by atoms with Gasteiger partial charge < -0.3 is 9.47 Å². The first-order valence-corrected chi connectivity index (χ1v) is 15.5. The van der Waals surface area contributed by atoms with Gasteiger partial charge >= 0.3 is 0 Å². The Hall–Kier alpha value is -3.22. The lowest BCUT2D eigenvalue weighted by molar-refractivity contribution is -0.126. The van der Waals surface area contributed by atoms with Crippen molar-refractivity contribution in [3.05, 3.63) is 95.1 Å². The zero-order valence-corrected chi connectivity index (χ0v) is 26.5. The maximum absolute atomic E-state index is 14.2. The van der Waals surface area contributed by atoms with Crippen molar-refractivity contribution in [2.24, 2.45) is 0 Å². The van der Waals surface area contributed by atoms with Crippen LogP contribution in [0.5, 0.6) is 5.75 Å². The molecule has 42 heavy (non-hydrogen) atoms. The Morgan fingerprint density at radius 1 is 0.905 bits per heavy atom. The summed E-state index contributed by atoms with van der Waals surface area (Å²) < 4.78 is 11.1. The summed E-state index contributed by atoms with van der Waals surface area (Å²) in [6.07, 6.45) is 6.92. The number of benzene rings is 3. The smallest absolute Gasteiger partial charge is 0.258 e. The molecule has 4 rings (SSSR count). The minimum absolute atomic E-state index is 0.0274. The molecule has 1 amide bonds. The number of amides is 1. The third kappa shape index (κ3) is 8.65. The Kier molecular flexibility index (Phi) is 11.2. The molecule has 224 valence electrons. The predicted molar refractivity (Wildman–Crippen MR) is 175 cm³/mol. The number of ether oxygens (including phenoxy) is 2. The molecule has 0 bridgehead atoms. The number of anilines is 1. The summed E-state index contributed by atoms with van der Waals surface area (Å²) in [5.74, 6) is 0.831. The Labute approximate surface area is 257 Å². The summed E-state index contributed by atoms with van der Waals surface area (Å²) in [7, 11) is 1.56. The van der Waals surface area contributed by atoms with E-state index in [1.54, 1.807) is 14.0 Å². The normalized spacial score (nSPS) is 14.7. The van der Waals surface area contributed by atoms with Crippen LogP contribution in [0.1, 0.15) is 93.9 Å². The monoisotopic (exact) mass is 587 g/mol. The highest BCUT2D eigenvalue weighted by Gasteiger charge is 2.29. The van der Waals surface area contributed by atoms with Crippen LogP contribution in [0.2, 0.25) is 0 Å². The van der Waals surface area contributed by atoms with Crippen LogP contribution in [0.4, 0.5) is 5.69 Å². The maximum Gasteiger partial charge on any atom is 0.258 e. The molecule has 0 aliphatic heterocycles. The van der Waals surface area contributed by atoms with Crippen molar-refractivity contribution >= 4 is 28.9 Å². The molecule has 1 saturated carbocycles. The van der Waals surface area contributed by atoms with E-state index in [9.17, 15) is 4.79 Å². The highest BCUT2D eigenvalue weighted by molar-refractivity contribution is 7.80. The van der Waals surface area contributed by atoms with Crippen LogP contribution in [0, 0.1) is 0 Å². The first-order chi connectivity index (χ1) is 20.2. The van der Waals surface area contributed by atoms with Crippen molar-refractivity contribution in [1.82, 2.24) is 0 Å². The van der Waals surface area contributed by atoms with Crippen molar-refractivity contribution < 1.29 is 19.1 Å². The quantitative estimate of drug-likeness (QED) is 0.128. The summed E-state index contributed by atoms with van der Waals surface area (Å²) in [5.41, 5.74) is 5.35. The molecule has 0 spiro atoms. The first kappa shape index (κ1) is 31.7. The number of carbonyl (C=O) groups is 1. The Morgan fingerprint density at radius 2 is 1.55 bits per heavy atom. The molecule has 0 aromatic heterocycles. The Balaban J connectivity index is 1.55. The van der Waals surface area contributed by atoms with Gasteiger partial charge in [-0.3, -0.25) is 9.63 Å². The van der Waals surface area contributed by atoms with Gasteiger partial charge in [0.15, 0.2) is 5.05 Å². The van der Waals surface area contributed by atoms with E-state index in [1.807, 2.05) is 36.4 Å². The molecular weight excluding hydrogens is 542 g/mol. The predicted octanol–water partition coefficient (Wildman–Crippen LogP) is 8.70. The SMILES string of the molecule is CON(C(=O)[C@@H](Cc1ccc(OCCOC(C)=S)cc1)c1ccc(C(C)(C)C)cc1)c1ccc(C2CCCCC2)cc1. The van der Waals surface area contributed by atoms with Gasteiger partial charge in [0.1, 0.15) is 19.0 Å². The van der Waals surface area contributed by atoms with Gasteiger partial charge in [0.05, 0.1) is 18.7 Å². The molecule has 3 aromatic carbocycles. The van der Waals surface area contributed by atoms with Crippen molar-refractivity contribution in [2.45, 2.75) is 83.5 Å². The fourth-order valence-corrected chi connectivity index (χ4v) is 5.73. The summed E-state index contributed by atoms with van der Waals surface area (Å²) in [4.78, 5) is 19.9. The standard InChI is InChI=1S/C36H45NO4S/c1-26(42)40-23-24-41-33-21-11-27(12-22-33)25-34(30-13-17-31(18-14-30)36(2,3)4)35(38)37(39-5)32-19-15-29(16-20-32)28-9-7-6-8-10-28/h11-22,28,34H,6-10,23-25H2,1-5H3/t34-/m0/s1. The number of hydroxylamine groups is 1. The van der Waals surface area contributed by atoms with Crippen LogP contribution in [0.15, 0.2) is 72.8 Å². The van der Waals surface area contributed by atoms with Gasteiger partial charge in [-0.1, -0.05) is 88.6 Å². The number of hydrogen-bond acceptors (Lipinski definition) is 5. The lowest BCUT2D eigenvalue weighted by Crippen LogP contribution is -2.35. The number of hydrogen-bond donors (Lipinski definition) is 0. The van der Waals surface area contributed by atoms with Crippen LogP contribution in [-0.2, 0) is 26.2 Å². The van der Waals surface area contributed by atoms with Gasteiger partial charge in [0.25, 0.3) is 5.91 Å². The maximum atomic E-state index is 14.2. The highest BCUT2D eigenvalue weighted by Crippen LogP contribution is 2.34. The minimum Gasteiger partial charge on any atom is -0.490 e. The summed E-state index contributed by atoms with van der Waals surface area (Å²) in [6.45, 7) is 9.15. The van der Waals surface area contributed by atoms with Crippen molar-refractivity contribution in [3.8, 4) is 5.75 Å². The van der Waals surface area contributed by atoms with Gasteiger partial charge in [0, 0.05) is 6.92 Å². The summed E-state index contributed by atoms with van der Waals surface area (Å²) >= 11 is 4.94. The van der Waals surface area contributed by atoms with Gasteiger partial charge in [-0.25, -0.2) is 0 Å². The molecule has 0 unspecified atom stereocenters. The van der Waals surface area contributed by atoms with E-state index in [1.165, 1.54) is 48.3 Å². The lowest BCUT2D eigenvalue weighted by Gasteiger charge is -2.27. The lowest BCUT2D eigenvalue weighted by atomic mass is 9.84. The average Bonchev–Trinajstić information content (AvgIpc) is 2.99. The van der Waals surface area contributed by atoms with E-state index in [2.05, 4.69) is 57.2 Å². The molecule has 0 saturated heterocycles. The second-order valence-electron chi connectivity index (χ2n) is 12.2. The Bertz CT molecular complexity index is 1290. The number of rotatable bonds is 11. The molecule has 5 nitrogen and oxygen atoms in total. The van der Waals surface area contributed by atoms with Crippen LogP contribution < -0.4 is 9.80 Å². The van der Waals surface area contributed by atoms with Crippen LogP contribution in [0.25, 0.3) is 0 Å². The number of thiocarbonyl (C=S) groups is 1. The van der Waals surface area contributed by atoms with E-state index in [-0.39, 0.29) is 11.3 Å². The molecule has 0 radical (unpaired) electrons. The van der Waals surface area contributed by atoms with Crippen LogP contribution in [0.3, 0.4) is 0 Å². The summed E-state index contributed by atoms with van der Waals surface area (Å²) in [5, 5.41) is 1.95. The molecule has 1 atom stereocenters. The van der Waals surface area contributed by atoms with E-state index < -0.39 is 5.92 Å². The second-order valence-corrected chi connectivity index (χ2v) is 12.8. The fraction of sp³-hybridized carbons (Fsp3) is 0.444. The topological polar surface area (TPSA) is 48.0 Å². The van der Waals surface area contributed by atoms with Crippen molar-refractivity contribution in [3.63, 3.8) is 0 Å². The second kappa shape index (κ2) is 14.8. The largest absolute Gasteiger partial charge is 0.490 e. The van der Waals surface area contributed by atoms with E-state index in [0.717, 1.165) is 22.6 Å². The number of carbonyl (C=O) groups excluding carboxylic acids is 1. The van der Waals surface area contributed by atoms with Gasteiger partial charge in [-0.15, -0.1) is 0 Å². The summed E-state index contributed by atoms with van der Waals surface area (Å²) in [6, 6.07) is 24.7. The number of nitrogens with zero attached hydrogens (tertiary/aromatic N) is 1. The molecule has 0 heterocycles. The zero-order chi connectivity index (χ0) is 30.1. The van der Waals surface area contributed by atoms with Crippen molar-refractivity contribution in [2.75, 3.05) is 25.4 Å². The highest BCUT2D eigenvalue weighted by atomic mass is 32.1. The molecule has 0 N–H and O–H groups in total. The van der Waals surface area contributed by atoms with Gasteiger partial charge in [0.2, 0.25) is 0 Å². The van der Waals surface area contributed by atoms with Gasteiger partial charge in [-0.05, 0) is 89.3 Å². The van der Waals surface area contributed by atoms with Crippen LogP contribution >= 0.6 is 12.2 Å². The van der Waals surface area contributed by atoms with Crippen LogP contribution in [-0.4, -0.2) is 31.3 Å².